The molecular weight excluding hydrogens is 154 g/mol. The number of hydrogen-bond acceptors (Lipinski definition) is 4. The van der Waals surface area contributed by atoms with Crippen LogP contribution in [-0.2, 0) is 0 Å². The van der Waals surface area contributed by atoms with E-state index in [9.17, 15) is 0 Å². The summed E-state index contributed by atoms with van der Waals surface area (Å²) in [6.07, 6.45) is 1.65. The highest BCUT2D eigenvalue weighted by molar-refractivity contribution is 5.97. The van der Waals surface area contributed by atoms with E-state index in [2.05, 4.69) is 15.1 Å². The predicted octanol–water partition coefficient (Wildman–Crippen LogP) is 1.29. The summed E-state index contributed by atoms with van der Waals surface area (Å²) in [4.78, 5) is 8.28. The number of oxime groups is 1. The number of aromatic nitrogens is 2. The molecule has 4 nitrogen and oxygen atoms in total. The van der Waals surface area contributed by atoms with Crippen molar-refractivity contribution >= 4 is 5.71 Å². The molecule has 1 heterocycles. The van der Waals surface area contributed by atoms with Gasteiger partial charge in [0.25, 0.3) is 0 Å². The molecule has 0 radical (unpaired) electrons. The van der Waals surface area contributed by atoms with Crippen molar-refractivity contribution in [1.29, 1.82) is 0 Å². The van der Waals surface area contributed by atoms with Gasteiger partial charge >= 0.3 is 0 Å². The minimum atomic E-state index is 0.486. The van der Waals surface area contributed by atoms with Crippen molar-refractivity contribution in [2.75, 3.05) is 0 Å². The molecule has 1 N–H and O–H groups in total. The average Bonchev–Trinajstić information content (AvgIpc) is 2.03. The van der Waals surface area contributed by atoms with Gasteiger partial charge in [0.1, 0.15) is 11.4 Å². The van der Waals surface area contributed by atoms with Gasteiger partial charge < -0.3 is 5.21 Å². The summed E-state index contributed by atoms with van der Waals surface area (Å²) in [6, 6.07) is 0. The normalized spacial score (nSPS) is 11.8. The topological polar surface area (TPSA) is 58.4 Å². The molecule has 12 heavy (non-hydrogen) atoms. The molecule has 0 fully saturated rings. The summed E-state index contributed by atoms with van der Waals surface area (Å²) >= 11 is 0. The van der Waals surface area contributed by atoms with Gasteiger partial charge in [-0.25, -0.2) is 0 Å². The maximum absolute atomic E-state index is 8.50. The summed E-state index contributed by atoms with van der Waals surface area (Å²) in [5, 5.41) is 11.6. The average molecular weight is 165 g/mol. The molecule has 0 saturated heterocycles. The Kier molecular flexibility index (Phi) is 2.38. The fourth-order valence-electron chi connectivity index (χ4n) is 1.00. The Morgan fingerprint density at radius 1 is 1.50 bits per heavy atom. The molecule has 0 bridgehead atoms. The minimum Gasteiger partial charge on any atom is -0.411 e. The van der Waals surface area contributed by atoms with Crippen LogP contribution in [0.15, 0.2) is 11.4 Å². The molecule has 0 unspecified atom stereocenters. The number of nitrogens with zero attached hydrogens (tertiary/aromatic N) is 3. The molecule has 4 heteroatoms. The first-order valence-electron chi connectivity index (χ1n) is 3.64. The third-order valence-electron chi connectivity index (χ3n) is 1.56. The van der Waals surface area contributed by atoms with Gasteiger partial charge in [-0.1, -0.05) is 5.16 Å². The van der Waals surface area contributed by atoms with Crippen LogP contribution >= 0.6 is 0 Å². The first-order chi connectivity index (χ1) is 5.65. The monoisotopic (exact) mass is 165 g/mol. The van der Waals surface area contributed by atoms with Crippen molar-refractivity contribution in [3.05, 3.63) is 23.3 Å². The van der Waals surface area contributed by atoms with Crippen LogP contribution in [-0.4, -0.2) is 20.9 Å². The van der Waals surface area contributed by atoms with E-state index in [1.165, 1.54) is 0 Å². The smallest absolute Gasteiger partial charge is 0.109 e. The van der Waals surface area contributed by atoms with Crippen LogP contribution in [0, 0.1) is 13.8 Å². The fraction of sp³-hybridized carbons (Fsp3) is 0.375. The Bertz CT molecular complexity index is 320. The molecule has 0 spiro atoms. The van der Waals surface area contributed by atoms with Crippen molar-refractivity contribution in [2.24, 2.45) is 5.16 Å². The number of aryl methyl sites for hydroxylation is 2. The highest BCUT2D eigenvalue weighted by atomic mass is 16.4. The van der Waals surface area contributed by atoms with Gasteiger partial charge in [-0.05, 0) is 20.8 Å². The second-order valence-corrected chi connectivity index (χ2v) is 2.63. The van der Waals surface area contributed by atoms with E-state index in [0.717, 1.165) is 11.4 Å². The van der Waals surface area contributed by atoms with Gasteiger partial charge in [0, 0.05) is 6.20 Å². The molecule has 64 valence electrons. The van der Waals surface area contributed by atoms with Gasteiger partial charge in [-0.3, -0.25) is 9.97 Å². The summed E-state index contributed by atoms with van der Waals surface area (Å²) in [5.74, 6) is 0. The van der Waals surface area contributed by atoms with Crippen LogP contribution in [0.1, 0.15) is 24.0 Å². The number of rotatable bonds is 1. The quantitative estimate of drug-likeness (QED) is 0.387. The van der Waals surface area contributed by atoms with Gasteiger partial charge in [0.2, 0.25) is 0 Å². The van der Waals surface area contributed by atoms with Crippen LogP contribution in [0.3, 0.4) is 0 Å². The van der Waals surface area contributed by atoms with Gasteiger partial charge in [-0.15, -0.1) is 0 Å². The largest absolute Gasteiger partial charge is 0.411 e. The van der Waals surface area contributed by atoms with Crippen molar-refractivity contribution in [1.82, 2.24) is 9.97 Å². The second kappa shape index (κ2) is 3.30. The van der Waals surface area contributed by atoms with Crippen molar-refractivity contribution in [3.63, 3.8) is 0 Å². The molecule has 0 aromatic carbocycles. The molecular formula is C8H11N3O. The predicted molar refractivity (Wildman–Crippen MR) is 45.5 cm³/mol. The Labute approximate surface area is 71.0 Å². The zero-order valence-electron chi connectivity index (χ0n) is 7.37. The Morgan fingerprint density at radius 3 is 2.67 bits per heavy atom. The van der Waals surface area contributed by atoms with E-state index in [1.54, 1.807) is 13.1 Å². The third kappa shape index (κ3) is 1.58. The van der Waals surface area contributed by atoms with Gasteiger partial charge in [0.05, 0.1) is 11.4 Å². The first kappa shape index (κ1) is 8.64. The SMILES string of the molecule is C/C(=N\O)c1ncc(C)nc1C. The fourth-order valence-corrected chi connectivity index (χ4v) is 1.00. The van der Waals surface area contributed by atoms with Crippen LogP contribution in [0.2, 0.25) is 0 Å². The highest BCUT2D eigenvalue weighted by Crippen LogP contribution is 2.03. The molecule has 1 rings (SSSR count). The lowest BCUT2D eigenvalue weighted by molar-refractivity contribution is 0.319. The van der Waals surface area contributed by atoms with Crippen LogP contribution in [0.25, 0.3) is 0 Å². The van der Waals surface area contributed by atoms with E-state index >= 15 is 0 Å². The van der Waals surface area contributed by atoms with Crippen molar-refractivity contribution < 1.29 is 5.21 Å². The van der Waals surface area contributed by atoms with E-state index in [4.69, 9.17) is 5.21 Å². The maximum Gasteiger partial charge on any atom is 0.109 e. The molecule has 0 amide bonds. The zero-order chi connectivity index (χ0) is 9.14. The molecule has 1 aromatic rings. The highest BCUT2D eigenvalue weighted by Gasteiger charge is 2.04. The van der Waals surface area contributed by atoms with E-state index < -0.39 is 0 Å². The van der Waals surface area contributed by atoms with Crippen LogP contribution in [0.4, 0.5) is 0 Å². The molecule has 0 aliphatic carbocycles. The molecule has 0 atom stereocenters. The zero-order valence-corrected chi connectivity index (χ0v) is 7.37. The summed E-state index contributed by atoms with van der Waals surface area (Å²) in [6.45, 7) is 5.39. The maximum atomic E-state index is 8.50. The molecule has 0 aliphatic rings. The summed E-state index contributed by atoms with van der Waals surface area (Å²) in [5.41, 5.74) is 2.77. The lowest BCUT2D eigenvalue weighted by atomic mass is 10.2. The summed E-state index contributed by atoms with van der Waals surface area (Å²) in [7, 11) is 0. The molecule has 0 saturated carbocycles. The third-order valence-corrected chi connectivity index (χ3v) is 1.56. The Balaban J connectivity index is 3.18. The van der Waals surface area contributed by atoms with Gasteiger partial charge in [0.15, 0.2) is 0 Å². The van der Waals surface area contributed by atoms with Crippen LogP contribution in [0.5, 0.6) is 0 Å². The van der Waals surface area contributed by atoms with Crippen molar-refractivity contribution in [3.8, 4) is 0 Å². The molecule has 0 aliphatic heterocycles. The standard InChI is InChI=1S/C8H11N3O/c1-5-4-9-8(6(2)10-5)7(3)11-12/h4,12H,1-3H3/b11-7+. The van der Waals surface area contributed by atoms with E-state index in [-0.39, 0.29) is 0 Å². The van der Waals surface area contributed by atoms with Crippen molar-refractivity contribution in [2.45, 2.75) is 20.8 Å². The Hall–Kier alpha value is -1.45. The van der Waals surface area contributed by atoms with Crippen LogP contribution < -0.4 is 0 Å². The lowest BCUT2D eigenvalue weighted by Gasteiger charge is -2.01. The first-order valence-corrected chi connectivity index (χ1v) is 3.64. The van der Waals surface area contributed by atoms with E-state index in [1.807, 2.05) is 13.8 Å². The van der Waals surface area contributed by atoms with Gasteiger partial charge in [-0.2, -0.15) is 0 Å². The van der Waals surface area contributed by atoms with E-state index in [0.29, 0.717) is 11.4 Å². The minimum absolute atomic E-state index is 0.486. The lowest BCUT2D eigenvalue weighted by Crippen LogP contribution is -2.04. The second-order valence-electron chi connectivity index (χ2n) is 2.63. The Morgan fingerprint density at radius 2 is 2.17 bits per heavy atom. The number of hydrogen-bond donors (Lipinski definition) is 1. The molecule has 1 aromatic heterocycles. The summed E-state index contributed by atoms with van der Waals surface area (Å²) < 4.78 is 0.